The van der Waals surface area contributed by atoms with Gasteiger partial charge in [-0.05, 0) is 29.3 Å². The van der Waals surface area contributed by atoms with Crippen LogP contribution in [0.1, 0.15) is 23.1 Å². The molecule has 0 fully saturated rings. The van der Waals surface area contributed by atoms with Gasteiger partial charge in [-0.2, -0.15) is 0 Å². The first-order valence-corrected chi connectivity index (χ1v) is 7.98. The highest BCUT2D eigenvalue weighted by Crippen LogP contribution is 2.33. The van der Waals surface area contributed by atoms with Crippen LogP contribution < -0.4 is 9.47 Å². The van der Waals surface area contributed by atoms with E-state index in [4.69, 9.17) is 9.47 Å². The van der Waals surface area contributed by atoms with Crippen LogP contribution in [0.3, 0.4) is 0 Å². The van der Waals surface area contributed by atoms with Gasteiger partial charge in [0.05, 0.1) is 0 Å². The van der Waals surface area contributed by atoms with Crippen molar-refractivity contribution in [3.63, 3.8) is 0 Å². The summed E-state index contributed by atoms with van der Waals surface area (Å²) in [6.07, 6.45) is -2.55. The van der Waals surface area contributed by atoms with Crippen LogP contribution in [0.5, 0.6) is 11.5 Å². The first-order valence-electron chi connectivity index (χ1n) is 7.98. The van der Waals surface area contributed by atoms with E-state index in [9.17, 15) is 8.78 Å². The number of rotatable bonds is 7. The molecular weight excluding hydrogens is 322 g/mol. The maximum Gasteiger partial charge on any atom is 0.263 e. The summed E-state index contributed by atoms with van der Waals surface area (Å²) in [5.41, 5.74) is 1.86. The second-order valence-electron chi connectivity index (χ2n) is 5.56. The molecular formula is C21H18F2O2. The highest BCUT2D eigenvalue weighted by Gasteiger charge is 2.13. The number of ether oxygens (including phenoxy) is 2. The molecule has 25 heavy (non-hydrogen) atoms. The number of hydrogen-bond acceptors (Lipinski definition) is 2. The Kier molecular flexibility index (Phi) is 5.62. The molecule has 0 spiro atoms. The molecule has 0 aliphatic heterocycles. The van der Waals surface area contributed by atoms with Gasteiger partial charge in [-0.3, -0.25) is 0 Å². The average Bonchev–Trinajstić information content (AvgIpc) is 2.66. The summed E-state index contributed by atoms with van der Waals surface area (Å²) >= 11 is 0. The predicted octanol–water partition coefficient (Wildman–Crippen LogP) is 5.78. The van der Waals surface area contributed by atoms with Crippen molar-refractivity contribution in [2.75, 3.05) is 0 Å². The zero-order valence-electron chi connectivity index (χ0n) is 13.6. The molecule has 0 aromatic heterocycles. The first kappa shape index (κ1) is 17.0. The van der Waals surface area contributed by atoms with E-state index < -0.39 is 6.43 Å². The lowest BCUT2D eigenvalue weighted by Gasteiger charge is -2.14. The Bertz CT molecular complexity index is 790. The van der Waals surface area contributed by atoms with E-state index >= 15 is 0 Å². The third kappa shape index (κ3) is 4.80. The molecule has 0 amide bonds. The van der Waals surface area contributed by atoms with Crippen molar-refractivity contribution in [1.82, 2.24) is 0 Å². The molecule has 0 aliphatic carbocycles. The summed E-state index contributed by atoms with van der Waals surface area (Å²) in [7, 11) is 0. The zero-order chi connectivity index (χ0) is 17.5. The first-order chi connectivity index (χ1) is 12.2. The van der Waals surface area contributed by atoms with E-state index in [1.165, 1.54) is 18.2 Å². The Hall–Kier alpha value is -2.88. The standard InChI is InChI=1S/C21H18F2O2/c22-21(23)18-11-12-19(24-14-16-7-3-1-4-8-16)20(13-18)25-15-17-9-5-2-6-10-17/h1-13,21H,14-15H2. The van der Waals surface area contributed by atoms with Gasteiger partial charge in [-0.1, -0.05) is 60.7 Å². The zero-order valence-corrected chi connectivity index (χ0v) is 13.6. The van der Waals surface area contributed by atoms with Gasteiger partial charge in [0, 0.05) is 5.56 Å². The molecule has 0 saturated carbocycles. The third-order valence-electron chi connectivity index (χ3n) is 3.69. The molecule has 3 aromatic rings. The molecule has 0 heterocycles. The van der Waals surface area contributed by atoms with Crippen LogP contribution in [0.2, 0.25) is 0 Å². The second kappa shape index (κ2) is 8.29. The van der Waals surface area contributed by atoms with E-state index in [0.29, 0.717) is 18.1 Å². The summed E-state index contributed by atoms with van der Waals surface area (Å²) in [5.74, 6) is 0.766. The minimum Gasteiger partial charge on any atom is -0.485 e. The van der Waals surface area contributed by atoms with Crippen molar-refractivity contribution in [2.45, 2.75) is 19.6 Å². The minimum absolute atomic E-state index is 0.0878. The van der Waals surface area contributed by atoms with Gasteiger partial charge < -0.3 is 9.47 Å². The molecule has 0 unspecified atom stereocenters. The smallest absolute Gasteiger partial charge is 0.263 e. The van der Waals surface area contributed by atoms with Gasteiger partial charge in [0.1, 0.15) is 13.2 Å². The van der Waals surface area contributed by atoms with Crippen LogP contribution in [-0.2, 0) is 13.2 Å². The minimum atomic E-state index is -2.55. The average molecular weight is 340 g/mol. The van der Waals surface area contributed by atoms with Gasteiger partial charge in [0.25, 0.3) is 6.43 Å². The molecule has 128 valence electrons. The van der Waals surface area contributed by atoms with E-state index in [1.54, 1.807) is 0 Å². The van der Waals surface area contributed by atoms with Crippen LogP contribution >= 0.6 is 0 Å². The molecule has 0 radical (unpaired) electrons. The molecule has 0 atom stereocenters. The molecule has 3 aromatic carbocycles. The molecule has 3 rings (SSSR count). The Labute approximate surface area is 145 Å². The fourth-order valence-corrected chi connectivity index (χ4v) is 2.36. The monoisotopic (exact) mass is 340 g/mol. The molecule has 0 aliphatic rings. The highest BCUT2D eigenvalue weighted by molar-refractivity contribution is 5.43. The molecule has 2 nitrogen and oxygen atoms in total. The maximum absolute atomic E-state index is 13.0. The van der Waals surface area contributed by atoms with Crippen molar-refractivity contribution in [3.05, 3.63) is 95.6 Å². The second-order valence-corrected chi connectivity index (χ2v) is 5.56. The fourth-order valence-electron chi connectivity index (χ4n) is 2.36. The summed E-state index contributed by atoms with van der Waals surface area (Å²) in [6.45, 7) is 0.631. The quantitative estimate of drug-likeness (QED) is 0.542. The lowest BCUT2D eigenvalue weighted by Crippen LogP contribution is -2.01. The van der Waals surface area contributed by atoms with Gasteiger partial charge in [-0.15, -0.1) is 0 Å². The fraction of sp³-hybridized carbons (Fsp3) is 0.143. The van der Waals surface area contributed by atoms with Crippen molar-refractivity contribution in [2.24, 2.45) is 0 Å². The van der Waals surface area contributed by atoms with Gasteiger partial charge in [0.15, 0.2) is 11.5 Å². The van der Waals surface area contributed by atoms with E-state index in [2.05, 4.69) is 0 Å². The van der Waals surface area contributed by atoms with Crippen LogP contribution in [0.4, 0.5) is 8.78 Å². The Balaban J connectivity index is 1.76. The van der Waals surface area contributed by atoms with E-state index in [0.717, 1.165) is 11.1 Å². The highest BCUT2D eigenvalue weighted by atomic mass is 19.3. The summed E-state index contributed by atoms with van der Waals surface area (Å²) < 4.78 is 37.5. The lowest BCUT2D eigenvalue weighted by molar-refractivity contribution is 0.150. The summed E-state index contributed by atoms with van der Waals surface area (Å²) in [6, 6.07) is 23.4. The van der Waals surface area contributed by atoms with Crippen LogP contribution in [-0.4, -0.2) is 0 Å². The molecule has 0 N–H and O–H groups in total. The number of benzene rings is 3. The Morgan fingerprint density at radius 2 is 1.16 bits per heavy atom. The Morgan fingerprint density at radius 3 is 1.68 bits per heavy atom. The molecule has 0 saturated heterocycles. The predicted molar refractivity (Wildman–Crippen MR) is 92.9 cm³/mol. The number of halogens is 2. The lowest BCUT2D eigenvalue weighted by atomic mass is 10.2. The number of hydrogen-bond donors (Lipinski definition) is 0. The van der Waals surface area contributed by atoms with Crippen molar-refractivity contribution < 1.29 is 18.3 Å². The van der Waals surface area contributed by atoms with Crippen LogP contribution in [0.15, 0.2) is 78.9 Å². The summed E-state index contributed by atoms with van der Waals surface area (Å²) in [4.78, 5) is 0. The van der Waals surface area contributed by atoms with Gasteiger partial charge in [0.2, 0.25) is 0 Å². The maximum atomic E-state index is 13.0. The van der Waals surface area contributed by atoms with Crippen molar-refractivity contribution in [3.8, 4) is 11.5 Å². The van der Waals surface area contributed by atoms with Gasteiger partial charge >= 0.3 is 0 Å². The molecule has 4 heteroatoms. The van der Waals surface area contributed by atoms with Crippen LogP contribution in [0.25, 0.3) is 0 Å². The van der Waals surface area contributed by atoms with Gasteiger partial charge in [-0.25, -0.2) is 8.78 Å². The van der Waals surface area contributed by atoms with Crippen molar-refractivity contribution in [1.29, 1.82) is 0 Å². The largest absolute Gasteiger partial charge is 0.485 e. The Morgan fingerprint density at radius 1 is 0.640 bits per heavy atom. The third-order valence-corrected chi connectivity index (χ3v) is 3.69. The topological polar surface area (TPSA) is 18.5 Å². The van der Waals surface area contributed by atoms with Crippen LogP contribution in [0, 0.1) is 0 Å². The van der Waals surface area contributed by atoms with Crippen molar-refractivity contribution >= 4 is 0 Å². The van der Waals surface area contributed by atoms with E-state index in [-0.39, 0.29) is 12.2 Å². The van der Waals surface area contributed by atoms with E-state index in [1.807, 2.05) is 60.7 Å². The summed E-state index contributed by atoms with van der Waals surface area (Å²) in [5, 5.41) is 0. The SMILES string of the molecule is FC(F)c1ccc(OCc2ccccc2)c(OCc2ccccc2)c1. The molecule has 0 bridgehead atoms. The number of alkyl halides is 2. The normalized spacial score (nSPS) is 10.7.